The van der Waals surface area contributed by atoms with Gasteiger partial charge in [-0.25, -0.2) is 4.98 Å². The SMILES string of the molecule is Cc1cccc(-c2cc3nc4c(c(NCCCN(C)C)n3n2)CCC4)c1. The van der Waals surface area contributed by atoms with Crippen molar-refractivity contribution < 1.29 is 0 Å². The lowest BCUT2D eigenvalue weighted by Gasteiger charge is -2.14. The van der Waals surface area contributed by atoms with E-state index in [1.807, 2.05) is 4.52 Å². The van der Waals surface area contributed by atoms with Crippen molar-refractivity contribution in [1.29, 1.82) is 0 Å². The van der Waals surface area contributed by atoms with Crippen LogP contribution in [0.25, 0.3) is 16.9 Å². The number of aromatic nitrogens is 3. The summed E-state index contributed by atoms with van der Waals surface area (Å²) in [6, 6.07) is 10.6. The van der Waals surface area contributed by atoms with Gasteiger partial charge in [0.25, 0.3) is 0 Å². The van der Waals surface area contributed by atoms with Crippen molar-refractivity contribution in [2.45, 2.75) is 32.6 Å². The van der Waals surface area contributed by atoms with Gasteiger partial charge in [0.1, 0.15) is 5.82 Å². The number of nitrogens with one attached hydrogen (secondary N) is 1. The fraction of sp³-hybridized carbons (Fsp3) is 0.429. The summed E-state index contributed by atoms with van der Waals surface area (Å²) in [4.78, 5) is 7.11. The Labute approximate surface area is 155 Å². The molecule has 1 aliphatic carbocycles. The maximum atomic E-state index is 4.90. The van der Waals surface area contributed by atoms with Crippen LogP contribution in [0.3, 0.4) is 0 Å². The Bertz CT molecular complexity index is 926. The zero-order valence-electron chi connectivity index (χ0n) is 15.9. The minimum atomic E-state index is 0.942. The fourth-order valence-electron chi connectivity index (χ4n) is 3.72. The molecule has 0 atom stereocenters. The number of rotatable bonds is 6. The molecule has 5 heteroatoms. The fourth-order valence-corrected chi connectivity index (χ4v) is 3.72. The summed E-state index contributed by atoms with van der Waals surface area (Å²) >= 11 is 0. The van der Waals surface area contributed by atoms with E-state index in [1.54, 1.807) is 0 Å². The molecule has 0 saturated heterocycles. The Balaban J connectivity index is 1.71. The van der Waals surface area contributed by atoms with Crippen LogP contribution in [0.4, 0.5) is 5.82 Å². The molecule has 0 saturated carbocycles. The molecule has 1 aliphatic rings. The van der Waals surface area contributed by atoms with Gasteiger partial charge in [0.2, 0.25) is 0 Å². The lowest BCUT2D eigenvalue weighted by atomic mass is 10.1. The predicted molar refractivity (Wildman–Crippen MR) is 107 cm³/mol. The number of aryl methyl sites for hydroxylation is 2. The highest BCUT2D eigenvalue weighted by atomic mass is 15.3. The zero-order valence-corrected chi connectivity index (χ0v) is 15.9. The van der Waals surface area contributed by atoms with E-state index >= 15 is 0 Å². The van der Waals surface area contributed by atoms with Crippen molar-refractivity contribution in [3.8, 4) is 11.3 Å². The highest BCUT2D eigenvalue weighted by Gasteiger charge is 2.21. The first-order chi connectivity index (χ1) is 12.6. The number of anilines is 1. The minimum Gasteiger partial charge on any atom is -0.370 e. The van der Waals surface area contributed by atoms with Gasteiger partial charge in [-0.3, -0.25) is 0 Å². The highest BCUT2D eigenvalue weighted by Crippen LogP contribution is 2.30. The third kappa shape index (κ3) is 3.31. The van der Waals surface area contributed by atoms with E-state index in [2.05, 4.69) is 61.6 Å². The molecule has 4 rings (SSSR count). The quantitative estimate of drug-likeness (QED) is 0.691. The van der Waals surface area contributed by atoms with Gasteiger partial charge in [0.15, 0.2) is 5.65 Å². The van der Waals surface area contributed by atoms with Crippen molar-refractivity contribution >= 4 is 11.5 Å². The van der Waals surface area contributed by atoms with E-state index in [-0.39, 0.29) is 0 Å². The standard InChI is InChI=1S/C21H27N5/c1-15-7-4-8-16(13-15)19-14-20-23-18-10-5-9-17(18)21(26(20)24-19)22-11-6-12-25(2)3/h4,7-8,13-14,22H,5-6,9-12H2,1-3H3. The molecular formula is C21H27N5. The topological polar surface area (TPSA) is 45.5 Å². The van der Waals surface area contributed by atoms with Crippen LogP contribution in [0.1, 0.15) is 29.7 Å². The second-order valence-electron chi connectivity index (χ2n) is 7.49. The molecule has 2 aromatic heterocycles. The second kappa shape index (κ2) is 7.08. The van der Waals surface area contributed by atoms with Gasteiger partial charge in [-0.1, -0.05) is 23.8 Å². The largest absolute Gasteiger partial charge is 0.370 e. The van der Waals surface area contributed by atoms with E-state index in [4.69, 9.17) is 10.1 Å². The average molecular weight is 349 g/mol. The first-order valence-corrected chi connectivity index (χ1v) is 9.49. The van der Waals surface area contributed by atoms with Gasteiger partial charge in [0.05, 0.1) is 5.69 Å². The summed E-state index contributed by atoms with van der Waals surface area (Å²) in [7, 11) is 4.23. The molecule has 0 fully saturated rings. The van der Waals surface area contributed by atoms with Crippen molar-refractivity contribution in [2.75, 3.05) is 32.5 Å². The summed E-state index contributed by atoms with van der Waals surface area (Å²) in [6.45, 7) is 4.14. The van der Waals surface area contributed by atoms with Crippen LogP contribution in [-0.2, 0) is 12.8 Å². The Hall–Kier alpha value is -2.40. The second-order valence-corrected chi connectivity index (χ2v) is 7.49. The molecular weight excluding hydrogens is 322 g/mol. The number of nitrogens with zero attached hydrogens (tertiary/aromatic N) is 4. The summed E-state index contributed by atoms with van der Waals surface area (Å²) < 4.78 is 2.01. The van der Waals surface area contributed by atoms with Gasteiger partial charge in [-0.15, -0.1) is 0 Å². The molecule has 0 bridgehead atoms. The highest BCUT2D eigenvalue weighted by molar-refractivity contribution is 5.67. The van der Waals surface area contributed by atoms with Crippen LogP contribution in [0.2, 0.25) is 0 Å². The maximum absolute atomic E-state index is 4.90. The molecule has 1 N–H and O–H groups in total. The van der Waals surface area contributed by atoms with Crippen LogP contribution in [-0.4, -0.2) is 46.7 Å². The Kier molecular flexibility index (Phi) is 4.64. The maximum Gasteiger partial charge on any atom is 0.158 e. The van der Waals surface area contributed by atoms with Crippen molar-refractivity contribution in [1.82, 2.24) is 19.5 Å². The van der Waals surface area contributed by atoms with Crippen LogP contribution in [0.5, 0.6) is 0 Å². The van der Waals surface area contributed by atoms with Crippen LogP contribution >= 0.6 is 0 Å². The number of benzene rings is 1. The Morgan fingerprint density at radius 1 is 1.19 bits per heavy atom. The lowest BCUT2D eigenvalue weighted by molar-refractivity contribution is 0.405. The molecule has 26 heavy (non-hydrogen) atoms. The van der Waals surface area contributed by atoms with Crippen molar-refractivity contribution in [3.05, 3.63) is 47.2 Å². The zero-order chi connectivity index (χ0) is 18.1. The minimum absolute atomic E-state index is 0.942. The molecule has 5 nitrogen and oxygen atoms in total. The monoisotopic (exact) mass is 349 g/mol. The third-order valence-electron chi connectivity index (χ3n) is 5.01. The summed E-state index contributed by atoms with van der Waals surface area (Å²) in [6.07, 6.45) is 4.46. The number of hydrogen-bond acceptors (Lipinski definition) is 4. The van der Waals surface area contributed by atoms with E-state index in [1.165, 1.54) is 23.2 Å². The van der Waals surface area contributed by atoms with Crippen LogP contribution in [0, 0.1) is 6.92 Å². The van der Waals surface area contributed by atoms with Gasteiger partial charge in [0, 0.05) is 29.4 Å². The molecule has 0 spiro atoms. The van der Waals surface area contributed by atoms with E-state index < -0.39 is 0 Å². The molecule has 3 aromatic rings. The van der Waals surface area contributed by atoms with Crippen molar-refractivity contribution in [3.63, 3.8) is 0 Å². The molecule has 0 unspecified atom stereocenters. The average Bonchev–Trinajstić information content (AvgIpc) is 3.24. The van der Waals surface area contributed by atoms with Crippen LogP contribution < -0.4 is 5.32 Å². The van der Waals surface area contributed by atoms with Gasteiger partial charge >= 0.3 is 0 Å². The Morgan fingerprint density at radius 2 is 2.08 bits per heavy atom. The lowest BCUT2D eigenvalue weighted by Crippen LogP contribution is -2.18. The molecule has 0 aliphatic heterocycles. The van der Waals surface area contributed by atoms with E-state index in [0.717, 1.165) is 55.1 Å². The van der Waals surface area contributed by atoms with Gasteiger partial charge < -0.3 is 10.2 Å². The number of hydrogen-bond donors (Lipinski definition) is 1. The molecule has 1 aromatic carbocycles. The first kappa shape index (κ1) is 17.0. The molecule has 0 amide bonds. The summed E-state index contributed by atoms with van der Waals surface area (Å²) in [5.41, 5.74) is 6.91. The number of fused-ring (bicyclic) bond motifs is 2. The predicted octanol–water partition coefficient (Wildman–Crippen LogP) is 3.56. The molecule has 2 heterocycles. The normalized spacial score (nSPS) is 13.5. The summed E-state index contributed by atoms with van der Waals surface area (Å²) in [5.74, 6) is 1.14. The Morgan fingerprint density at radius 3 is 2.88 bits per heavy atom. The van der Waals surface area contributed by atoms with Gasteiger partial charge in [-0.05, 0) is 59.3 Å². The summed E-state index contributed by atoms with van der Waals surface area (Å²) in [5, 5.41) is 8.55. The van der Waals surface area contributed by atoms with E-state index in [0.29, 0.717) is 0 Å². The van der Waals surface area contributed by atoms with Crippen LogP contribution in [0.15, 0.2) is 30.3 Å². The smallest absolute Gasteiger partial charge is 0.158 e. The molecule has 0 radical (unpaired) electrons. The van der Waals surface area contributed by atoms with E-state index in [9.17, 15) is 0 Å². The molecule has 136 valence electrons. The third-order valence-corrected chi connectivity index (χ3v) is 5.01. The van der Waals surface area contributed by atoms with Gasteiger partial charge in [-0.2, -0.15) is 9.61 Å². The van der Waals surface area contributed by atoms with Crippen molar-refractivity contribution in [2.24, 2.45) is 0 Å². The first-order valence-electron chi connectivity index (χ1n) is 9.49.